The quantitative estimate of drug-likeness (QED) is 0.752. The Bertz CT molecular complexity index is 466. The van der Waals surface area contributed by atoms with Crippen molar-refractivity contribution in [1.82, 2.24) is 9.97 Å². The number of aromatic nitrogens is 2. The van der Waals surface area contributed by atoms with Crippen LogP contribution in [-0.4, -0.2) is 33.8 Å². The van der Waals surface area contributed by atoms with Gasteiger partial charge in [-0.05, 0) is 32.1 Å². The molecule has 1 fully saturated rings. The molecular weight excluding hydrogens is 264 g/mol. The molecule has 21 heavy (non-hydrogen) atoms. The van der Waals surface area contributed by atoms with Crippen molar-refractivity contribution in [2.75, 3.05) is 23.7 Å². The molecule has 2 unspecified atom stereocenters. The molecule has 0 aliphatic heterocycles. The molecule has 0 spiro atoms. The van der Waals surface area contributed by atoms with E-state index in [9.17, 15) is 5.11 Å². The van der Waals surface area contributed by atoms with Crippen molar-refractivity contribution in [3.05, 3.63) is 11.9 Å². The predicted octanol–water partition coefficient (Wildman–Crippen LogP) is 2.96. The van der Waals surface area contributed by atoms with E-state index in [2.05, 4.69) is 34.4 Å². The number of aliphatic hydroxyl groups is 1. The maximum absolute atomic E-state index is 10.7. The SMILES string of the molecule is CCCNc1ncnc(NCC2(O)CCCC(C)C2)c1C. The highest BCUT2D eigenvalue weighted by atomic mass is 16.3. The topological polar surface area (TPSA) is 70.1 Å². The molecule has 118 valence electrons. The van der Waals surface area contributed by atoms with E-state index in [-0.39, 0.29) is 0 Å². The normalized spacial score (nSPS) is 25.6. The van der Waals surface area contributed by atoms with Gasteiger partial charge in [-0.25, -0.2) is 9.97 Å². The average Bonchev–Trinajstić information content (AvgIpc) is 2.45. The van der Waals surface area contributed by atoms with Crippen molar-refractivity contribution in [1.29, 1.82) is 0 Å². The lowest BCUT2D eigenvalue weighted by atomic mass is 9.79. The molecule has 0 saturated heterocycles. The predicted molar refractivity (Wildman–Crippen MR) is 86.6 cm³/mol. The van der Waals surface area contributed by atoms with Crippen LogP contribution in [0.4, 0.5) is 11.6 Å². The minimum Gasteiger partial charge on any atom is -0.388 e. The number of nitrogens with one attached hydrogen (secondary N) is 2. The molecule has 1 saturated carbocycles. The lowest BCUT2D eigenvalue weighted by molar-refractivity contribution is -0.000834. The smallest absolute Gasteiger partial charge is 0.134 e. The Hall–Kier alpha value is -1.36. The lowest BCUT2D eigenvalue weighted by Crippen LogP contribution is -2.41. The van der Waals surface area contributed by atoms with E-state index in [0.29, 0.717) is 12.5 Å². The summed E-state index contributed by atoms with van der Waals surface area (Å²) in [5.74, 6) is 2.28. The second-order valence-electron chi connectivity index (χ2n) is 6.40. The molecule has 1 aromatic heterocycles. The molecule has 0 amide bonds. The van der Waals surface area contributed by atoms with Gasteiger partial charge in [0.15, 0.2) is 0 Å². The zero-order valence-electron chi connectivity index (χ0n) is 13.4. The van der Waals surface area contributed by atoms with Gasteiger partial charge in [0.2, 0.25) is 0 Å². The Morgan fingerprint density at radius 3 is 2.71 bits per heavy atom. The highest BCUT2D eigenvalue weighted by Gasteiger charge is 2.32. The van der Waals surface area contributed by atoms with Crippen LogP contribution in [0.15, 0.2) is 6.33 Å². The standard InChI is InChI=1S/C16H28N4O/c1-4-8-17-14-13(3)15(20-11-19-14)18-10-16(21)7-5-6-12(2)9-16/h11-12,21H,4-10H2,1-3H3,(H2,17,18,19,20). The van der Waals surface area contributed by atoms with Gasteiger partial charge in [-0.1, -0.05) is 26.7 Å². The first-order valence-electron chi connectivity index (χ1n) is 8.06. The van der Waals surface area contributed by atoms with Crippen LogP contribution in [0.2, 0.25) is 0 Å². The van der Waals surface area contributed by atoms with E-state index >= 15 is 0 Å². The summed E-state index contributed by atoms with van der Waals surface area (Å²) in [5, 5.41) is 17.3. The Morgan fingerprint density at radius 1 is 1.33 bits per heavy atom. The molecular formula is C16H28N4O. The van der Waals surface area contributed by atoms with Crippen molar-refractivity contribution < 1.29 is 5.11 Å². The van der Waals surface area contributed by atoms with Gasteiger partial charge in [0.05, 0.1) is 5.60 Å². The molecule has 1 heterocycles. The van der Waals surface area contributed by atoms with Crippen molar-refractivity contribution in [3.63, 3.8) is 0 Å². The maximum Gasteiger partial charge on any atom is 0.134 e. The molecule has 2 atom stereocenters. The second kappa shape index (κ2) is 7.07. The van der Waals surface area contributed by atoms with Crippen molar-refractivity contribution in [2.24, 2.45) is 5.92 Å². The van der Waals surface area contributed by atoms with E-state index in [1.54, 1.807) is 6.33 Å². The van der Waals surface area contributed by atoms with Crippen molar-refractivity contribution in [2.45, 2.75) is 58.5 Å². The summed E-state index contributed by atoms with van der Waals surface area (Å²) < 4.78 is 0. The molecule has 1 aliphatic rings. The minimum atomic E-state index is -0.605. The average molecular weight is 292 g/mol. The van der Waals surface area contributed by atoms with Gasteiger partial charge >= 0.3 is 0 Å². The molecule has 3 N–H and O–H groups in total. The van der Waals surface area contributed by atoms with Gasteiger partial charge in [0, 0.05) is 18.7 Å². The second-order valence-corrected chi connectivity index (χ2v) is 6.40. The fraction of sp³-hybridized carbons (Fsp3) is 0.750. The molecule has 5 heteroatoms. The lowest BCUT2D eigenvalue weighted by Gasteiger charge is -2.35. The molecule has 0 aromatic carbocycles. The summed E-state index contributed by atoms with van der Waals surface area (Å²) >= 11 is 0. The van der Waals surface area contributed by atoms with Gasteiger partial charge in [0.1, 0.15) is 18.0 Å². The number of anilines is 2. The first-order chi connectivity index (χ1) is 10.0. The van der Waals surface area contributed by atoms with E-state index < -0.39 is 5.60 Å². The van der Waals surface area contributed by atoms with Crippen LogP contribution < -0.4 is 10.6 Å². The summed E-state index contributed by atoms with van der Waals surface area (Å²) in [5.41, 5.74) is 0.407. The number of hydrogen-bond acceptors (Lipinski definition) is 5. The monoisotopic (exact) mass is 292 g/mol. The van der Waals surface area contributed by atoms with Crippen molar-refractivity contribution in [3.8, 4) is 0 Å². The van der Waals surface area contributed by atoms with Crippen LogP contribution >= 0.6 is 0 Å². The first kappa shape index (κ1) is 16.0. The summed E-state index contributed by atoms with van der Waals surface area (Å²) in [4.78, 5) is 8.58. The summed E-state index contributed by atoms with van der Waals surface area (Å²) in [6.45, 7) is 7.81. The Balaban J connectivity index is 1.99. The van der Waals surface area contributed by atoms with Gasteiger partial charge in [-0.3, -0.25) is 0 Å². The molecule has 5 nitrogen and oxygen atoms in total. The Morgan fingerprint density at radius 2 is 2.05 bits per heavy atom. The van der Waals surface area contributed by atoms with E-state index in [4.69, 9.17) is 0 Å². The molecule has 2 rings (SSSR count). The number of rotatable bonds is 6. The van der Waals surface area contributed by atoms with Gasteiger partial charge in [-0.15, -0.1) is 0 Å². The third-order valence-electron chi connectivity index (χ3n) is 4.28. The first-order valence-corrected chi connectivity index (χ1v) is 8.06. The number of hydrogen-bond donors (Lipinski definition) is 3. The van der Waals surface area contributed by atoms with E-state index in [1.165, 1.54) is 6.42 Å². The highest BCUT2D eigenvalue weighted by molar-refractivity contribution is 5.56. The van der Waals surface area contributed by atoms with Gasteiger partial charge < -0.3 is 15.7 Å². The zero-order valence-corrected chi connectivity index (χ0v) is 13.4. The molecule has 1 aliphatic carbocycles. The number of nitrogens with zero attached hydrogens (tertiary/aromatic N) is 2. The third kappa shape index (κ3) is 4.30. The summed E-state index contributed by atoms with van der Waals surface area (Å²) in [6.07, 6.45) is 6.69. The van der Waals surface area contributed by atoms with Crippen LogP contribution in [0.5, 0.6) is 0 Å². The largest absolute Gasteiger partial charge is 0.388 e. The molecule has 1 aromatic rings. The summed E-state index contributed by atoms with van der Waals surface area (Å²) in [7, 11) is 0. The molecule has 0 bridgehead atoms. The summed E-state index contributed by atoms with van der Waals surface area (Å²) in [6, 6.07) is 0. The van der Waals surface area contributed by atoms with Crippen LogP contribution in [0, 0.1) is 12.8 Å². The van der Waals surface area contributed by atoms with Gasteiger partial charge in [-0.2, -0.15) is 0 Å². The van der Waals surface area contributed by atoms with Crippen LogP contribution in [0.1, 0.15) is 51.5 Å². The van der Waals surface area contributed by atoms with E-state index in [1.807, 2.05) is 6.92 Å². The highest BCUT2D eigenvalue weighted by Crippen LogP contribution is 2.32. The van der Waals surface area contributed by atoms with E-state index in [0.717, 1.165) is 49.4 Å². The van der Waals surface area contributed by atoms with Crippen molar-refractivity contribution >= 4 is 11.6 Å². The van der Waals surface area contributed by atoms with Crippen LogP contribution in [0.25, 0.3) is 0 Å². The fourth-order valence-electron chi connectivity index (χ4n) is 3.09. The maximum atomic E-state index is 10.7. The molecule has 0 radical (unpaired) electrons. The van der Waals surface area contributed by atoms with Crippen LogP contribution in [0.3, 0.4) is 0 Å². The van der Waals surface area contributed by atoms with Gasteiger partial charge in [0.25, 0.3) is 0 Å². The Kier molecular flexibility index (Phi) is 5.39. The minimum absolute atomic E-state index is 0.558. The Labute approximate surface area is 127 Å². The zero-order chi connectivity index (χ0) is 15.3. The van der Waals surface area contributed by atoms with Crippen LogP contribution in [-0.2, 0) is 0 Å². The third-order valence-corrected chi connectivity index (χ3v) is 4.28. The fourth-order valence-corrected chi connectivity index (χ4v) is 3.09.